The lowest BCUT2D eigenvalue weighted by molar-refractivity contribution is -0.144. The van der Waals surface area contributed by atoms with Crippen LogP contribution in [0.4, 0.5) is 0 Å². The molecule has 0 atom stereocenters. The fourth-order valence-corrected chi connectivity index (χ4v) is 0.796. The number of nitrogens with one attached hydrogen (secondary N) is 1. The summed E-state index contributed by atoms with van der Waals surface area (Å²) in [5, 5.41) is 17.4. The summed E-state index contributed by atoms with van der Waals surface area (Å²) >= 11 is 0. The van der Waals surface area contributed by atoms with Gasteiger partial charge >= 0.3 is 5.97 Å². The molecule has 0 aliphatic rings. The highest BCUT2D eigenvalue weighted by Crippen LogP contribution is 2.12. The van der Waals surface area contributed by atoms with Crippen LogP contribution in [0, 0.1) is 0 Å². The standard InChI is InChI=1S/C8H8N2O5/c11-6-3-9-2-1-5(6)8(14)10-15-4-7(12)13/h1-3,11H,4H2,(H,10,14)(H,12,13). The van der Waals surface area contributed by atoms with Gasteiger partial charge in [0.25, 0.3) is 5.91 Å². The van der Waals surface area contributed by atoms with E-state index < -0.39 is 18.5 Å². The van der Waals surface area contributed by atoms with Gasteiger partial charge in [-0.1, -0.05) is 0 Å². The van der Waals surface area contributed by atoms with Crippen molar-refractivity contribution >= 4 is 11.9 Å². The maximum Gasteiger partial charge on any atom is 0.332 e. The Labute approximate surface area is 84.3 Å². The zero-order valence-electron chi connectivity index (χ0n) is 7.51. The van der Waals surface area contributed by atoms with Crippen molar-refractivity contribution < 1.29 is 24.6 Å². The number of hydrogen-bond acceptors (Lipinski definition) is 5. The lowest BCUT2D eigenvalue weighted by Gasteiger charge is -2.04. The molecular formula is C8H8N2O5. The number of rotatable bonds is 4. The van der Waals surface area contributed by atoms with Gasteiger partial charge in [0.05, 0.1) is 11.8 Å². The topological polar surface area (TPSA) is 109 Å². The number of carboxylic acids is 1. The van der Waals surface area contributed by atoms with E-state index in [9.17, 15) is 14.7 Å². The number of aromatic nitrogens is 1. The Morgan fingerprint density at radius 3 is 2.87 bits per heavy atom. The van der Waals surface area contributed by atoms with Gasteiger partial charge in [-0.15, -0.1) is 0 Å². The quantitative estimate of drug-likeness (QED) is 0.582. The molecule has 0 radical (unpaired) electrons. The van der Waals surface area contributed by atoms with Crippen molar-refractivity contribution in [1.82, 2.24) is 10.5 Å². The smallest absolute Gasteiger partial charge is 0.332 e. The van der Waals surface area contributed by atoms with E-state index in [0.29, 0.717) is 0 Å². The first-order valence-electron chi connectivity index (χ1n) is 3.88. The summed E-state index contributed by atoms with van der Waals surface area (Å²) in [5.74, 6) is -2.26. The molecule has 1 aromatic heterocycles. The van der Waals surface area contributed by atoms with E-state index >= 15 is 0 Å². The van der Waals surface area contributed by atoms with Crippen molar-refractivity contribution in [2.24, 2.45) is 0 Å². The number of pyridine rings is 1. The Hall–Kier alpha value is -2.15. The number of carboxylic acid groups (broad SMARTS) is 1. The Kier molecular flexibility index (Phi) is 3.58. The highest BCUT2D eigenvalue weighted by Gasteiger charge is 2.10. The highest BCUT2D eigenvalue weighted by atomic mass is 16.7. The van der Waals surface area contributed by atoms with Gasteiger partial charge in [0.15, 0.2) is 6.61 Å². The van der Waals surface area contributed by atoms with Gasteiger partial charge < -0.3 is 10.2 Å². The van der Waals surface area contributed by atoms with Crippen LogP contribution in [-0.2, 0) is 9.63 Å². The molecule has 7 heteroatoms. The number of carbonyl (C=O) groups excluding carboxylic acids is 1. The Morgan fingerprint density at radius 1 is 1.53 bits per heavy atom. The highest BCUT2D eigenvalue weighted by molar-refractivity contribution is 5.95. The van der Waals surface area contributed by atoms with E-state index in [0.717, 1.165) is 6.20 Å². The Bertz CT molecular complexity index is 379. The van der Waals surface area contributed by atoms with Crippen molar-refractivity contribution in [3.63, 3.8) is 0 Å². The summed E-state index contributed by atoms with van der Waals surface area (Å²) < 4.78 is 0. The van der Waals surface area contributed by atoms with Crippen LogP contribution in [0.25, 0.3) is 0 Å². The minimum atomic E-state index is -1.21. The van der Waals surface area contributed by atoms with Crippen LogP contribution < -0.4 is 5.48 Å². The molecule has 0 aromatic carbocycles. The van der Waals surface area contributed by atoms with Crippen LogP contribution in [0.15, 0.2) is 18.5 Å². The second-order valence-corrected chi connectivity index (χ2v) is 2.51. The molecule has 0 saturated carbocycles. The first-order valence-corrected chi connectivity index (χ1v) is 3.88. The van der Waals surface area contributed by atoms with E-state index in [-0.39, 0.29) is 11.3 Å². The van der Waals surface area contributed by atoms with Crippen LogP contribution in [0.5, 0.6) is 5.75 Å². The molecule has 1 rings (SSSR count). The molecular weight excluding hydrogens is 204 g/mol. The minimum absolute atomic E-state index is 0.0459. The van der Waals surface area contributed by atoms with E-state index in [2.05, 4.69) is 9.82 Å². The molecule has 0 aliphatic carbocycles. The first-order chi connectivity index (χ1) is 7.11. The molecule has 0 aliphatic heterocycles. The number of aromatic hydroxyl groups is 1. The van der Waals surface area contributed by atoms with Gasteiger partial charge in [0, 0.05) is 6.20 Å². The fraction of sp³-hybridized carbons (Fsp3) is 0.125. The Morgan fingerprint density at radius 2 is 2.27 bits per heavy atom. The van der Waals surface area contributed by atoms with Gasteiger partial charge in [0.1, 0.15) is 5.75 Å². The van der Waals surface area contributed by atoms with Crippen molar-refractivity contribution in [2.45, 2.75) is 0 Å². The largest absolute Gasteiger partial charge is 0.505 e. The van der Waals surface area contributed by atoms with Crippen molar-refractivity contribution in [2.75, 3.05) is 6.61 Å². The van der Waals surface area contributed by atoms with Crippen LogP contribution >= 0.6 is 0 Å². The van der Waals surface area contributed by atoms with E-state index in [1.807, 2.05) is 5.48 Å². The van der Waals surface area contributed by atoms with E-state index in [4.69, 9.17) is 5.11 Å². The van der Waals surface area contributed by atoms with Gasteiger partial charge in [-0.2, -0.15) is 0 Å². The third-order valence-electron chi connectivity index (χ3n) is 1.41. The van der Waals surface area contributed by atoms with E-state index in [1.165, 1.54) is 12.3 Å². The van der Waals surface area contributed by atoms with E-state index in [1.54, 1.807) is 0 Å². The maximum atomic E-state index is 11.2. The lowest BCUT2D eigenvalue weighted by atomic mass is 10.2. The molecule has 15 heavy (non-hydrogen) atoms. The number of hydrogen-bond donors (Lipinski definition) is 3. The predicted octanol–water partition coefficient (Wildman–Crippen LogP) is -0.467. The zero-order valence-corrected chi connectivity index (χ0v) is 7.51. The number of nitrogens with zero attached hydrogens (tertiary/aromatic N) is 1. The summed E-state index contributed by atoms with van der Waals surface area (Å²) in [5.41, 5.74) is 1.82. The molecule has 7 nitrogen and oxygen atoms in total. The van der Waals surface area contributed by atoms with Gasteiger partial charge in [0.2, 0.25) is 0 Å². The van der Waals surface area contributed by atoms with Crippen LogP contribution in [-0.4, -0.2) is 33.7 Å². The first kappa shape index (κ1) is 10.9. The summed E-state index contributed by atoms with van der Waals surface area (Å²) in [7, 11) is 0. The van der Waals surface area contributed by atoms with Crippen LogP contribution in [0.3, 0.4) is 0 Å². The summed E-state index contributed by atoms with van der Waals surface area (Å²) in [4.78, 5) is 29.2. The number of amides is 1. The normalized spacial score (nSPS) is 9.60. The van der Waals surface area contributed by atoms with Crippen LogP contribution in [0.2, 0.25) is 0 Å². The van der Waals surface area contributed by atoms with Gasteiger partial charge in [-0.05, 0) is 6.07 Å². The molecule has 0 unspecified atom stereocenters. The Balaban J connectivity index is 2.54. The van der Waals surface area contributed by atoms with Gasteiger partial charge in [-0.25, -0.2) is 10.3 Å². The molecule has 0 bridgehead atoms. The second-order valence-electron chi connectivity index (χ2n) is 2.51. The van der Waals surface area contributed by atoms with Crippen molar-refractivity contribution in [3.05, 3.63) is 24.0 Å². The number of carbonyl (C=O) groups is 2. The molecule has 1 heterocycles. The molecule has 0 fully saturated rings. The molecule has 0 saturated heterocycles. The third-order valence-corrected chi connectivity index (χ3v) is 1.41. The zero-order chi connectivity index (χ0) is 11.3. The second kappa shape index (κ2) is 4.91. The minimum Gasteiger partial charge on any atom is -0.505 e. The lowest BCUT2D eigenvalue weighted by Crippen LogP contribution is -2.26. The average molecular weight is 212 g/mol. The predicted molar refractivity (Wildman–Crippen MR) is 47.0 cm³/mol. The summed E-state index contributed by atoms with van der Waals surface area (Å²) in [6.45, 7) is -0.655. The van der Waals surface area contributed by atoms with Crippen molar-refractivity contribution in [1.29, 1.82) is 0 Å². The maximum absolute atomic E-state index is 11.2. The average Bonchev–Trinajstić information content (AvgIpc) is 2.17. The van der Waals surface area contributed by atoms with Crippen LogP contribution in [0.1, 0.15) is 10.4 Å². The number of aliphatic carboxylic acids is 1. The third kappa shape index (κ3) is 3.24. The number of hydroxylamine groups is 1. The molecule has 1 amide bonds. The SMILES string of the molecule is O=C(O)CONC(=O)c1ccncc1O. The summed E-state index contributed by atoms with van der Waals surface area (Å²) in [6.07, 6.45) is 2.40. The van der Waals surface area contributed by atoms with Gasteiger partial charge in [-0.3, -0.25) is 14.6 Å². The van der Waals surface area contributed by atoms with Crippen molar-refractivity contribution in [3.8, 4) is 5.75 Å². The monoisotopic (exact) mass is 212 g/mol. The molecule has 80 valence electrons. The molecule has 1 aromatic rings. The fourth-order valence-electron chi connectivity index (χ4n) is 0.796. The molecule has 0 spiro atoms. The molecule has 3 N–H and O–H groups in total. The summed E-state index contributed by atoms with van der Waals surface area (Å²) in [6, 6.07) is 1.27.